The minimum absolute atomic E-state index is 0.583. The first kappa shape index (κ1) is 34.6. The van der Waals surface area contributed by atoms with Crippen LogP contribution in [0.15, 0.2) is 222 Å². The molecule has 280 valence electrons. The molecule has 0 saturated carbocycles. The zero-order valence-electron chi connectivity index (χ0n) is 32.5. The lowest BCUT2D eigenvalue weighted by Crippen LogP contribution is -2.32. The monoisotopic (exact) mass is 781 g/mol. The SMILES string of the molecule is c1ccc(-c2cc(-c3ccc4c(c3)C3(c5cc(-c6ccc(-c7ccccc7)c7cccnc67)ccc5S4)c4ccccc4-c4ccccc43)nc(-c3ccccc3)n2)cc1. The Morgan fingerprint density at radius 2 is 0.883 bits per heavy atom. The fraction of sp³-hybridized carbons (Fsp3) is 0.0179. The molecule has 0 bridgehead atoms. The van der Waals surface area contributed by atoms with Crippen LogP contribution >= 0.6 is 11.8 Å². The summed E-state index contributed by atoms with van der Waals surface area (Å²) in [7, 11) is 0. The van der Waals surface area contributed by atoms with E-state index in [-0.39, 0.29) is 0 Å². The van der Waals surface area contributed by atoms with Gasteiger partial charge in [-0.3, -0.25) is 4.98 Å². The highest BCUT2D eigenvalue weighted by atomic mass is 32.2. The Bertz CT molecular complexity index is 3190. The normalized spacial score (nSPS) is 13.1. The molecule has 10 aromatic rings. The third-order valence-electron chi connectivity index (χ3n) is 12.2. The maximum atomic E-state index is 5.28. The molecule has 0 unspecified atom stereocenters. The smallest absolute Gasteiger partial charge is 0.160 e. The van der Waals surface area contributed by atoms with E-state index in [0.717, 1.165) is 50.1 Å². The van der Waals surface area contributed by atoms with Crippen LogP contribution < -0.4 is 0 Å². The van der Waals surface area contributed by atoms with Crippen LogP contribution in [0.3, 0.4) is 0 Å². The van der Waals surface area contributed by atoms with E-state index in [0.29, 0.717) is 5.82 Å². The van der Waals surface area contributed by atoms with Crippen LogP contribution in [0.1, 0.15) is 22.3 Å². The molecule has 0 atom stereocenters. The second kappa shape index (κ2) is 13.9. The molecule has 2 aliphatic rings. The summed E-state index contributed by atoms with van der Waals surface area (Å²) in [5.41, 5.74) is 17.6. The van der Waals surface area contributed by atoms with E-state index in [9.17, 15) is 0 Å². The van der Waals surface area contributed by atoms with Crippen molar-refractivity contribution in [1.82, 2.24) is 15.0 Å². The quantitative estimate of drug-likeness (QED) is 0.174. The lowest BCUT2D eigenvalue weighted by Gasteiger charge is -2.40. The van der Waals surface area contributed by atoms with Crippen molar-refractivity contribution in [1.29, 1.82) is 0 Å². The molecule has 1 aliphatic carbocycles. The summed E-state index contributed by atoms with van der Waals surface area (Å²) in [5, 5.41) is 1.14. The Morgan fingerprint density at radius 3 is 1.55 bits per heavy atom. The molecule has 3 nitrogen and oxygen atoms in total. The lowest BCUT2D eigenvalue weighted by molar-refractivity contribution is 0.723. The highest BCUT2D eigenvalue weighted by Crippen LogP contribution is 2.63. The molecule has 0 saturated heterocycles. The van der Waals surface area contributed by atoms with Crippen LogP contribution in [0, 0.1) is 0 Å². The summed E-state index contributed by atoms with van der Waals surface area (Å²) >= 11 is 1.86. The van der Waals surface area contributed by atoms with Gasteiger partial charge < -0.3 is 0 Å². The molecule has 0 N–H and O–H groups in total. The number of nitrogens with zero attached hydrogens (tertiary/aromatic N) is 3. The summed E-state index contributed by atoms with van der Waals surface area (Å²) in [6.07, 6.45) is 1.91. The van der Waals surface area contributed by atoms with Crippen molar-refractivity contribution >= 4 is 22.7 Å². The Hall–Kier alpha value is -7.40. The average Bonchev–Trinajstić information content (AvgIpc) is 3.62. The van der Waals surface area contributed by atoms with Crippen LogP contribution in [-0.2, 0) is 5.41 Å². The standard InChI is InChI=1S/C56H35N3S/c1-4-15-36(16-5-1)41-28-29-42(54-45(41)23-14-32-57-54)39-26-30-52-48(33-39)56(46-24-12-10-21-43(46)44-22-11-13-25-47(44)56)49-34-40(27-31-53(49)60-52)51-35-50(37-17-6-2-7-18-37)58-55(59-51)38-19-8-3-9-20-38/h1-35H. The lowest BCUT2D eigenvalue weighted by atomic mass is 9.66. The van der Waals surface area contributed by atoms with Gasteiger partial charge in [0.05, 0.1) is 22.3 Å². The molecule has 8 aromatic carbocycles. The molecule has 12 rings (SSSR count). The molecule has 1 aliphatic heterocycles. The van der Waals surface area contributed by atoms with Gasteiger partial charge in [0.1, 0.15) is 0 Å². The van der Waals surface area contributed by atoms with Crippen LogP contribution in [0.2, 0.25) is 0 Å². The van der Waals surface area contributed by atoms with Gasteiger partial charge in [-0.2, -0.15) is 0 Å². The van der Waals surface area contributed by atoms with Crippen LogP contribution in [0.4, 0.5) is 0 Å². The maximum absolute atomic E-state index is 5.28. The highest BCUT2D eigenvalue weighted by Gasteiger charge is 2.50. The molecule has 0 fully saturated rings. The Morgan fingerprint density at radius 1 is 0.350 bits per heavy atom. The van der Waals surface area contributed by atoms with Gasteiger partial charge in [-0.05, 0) is 86.5 Å². The number of rotatable bonds is 5. The maximum Gasteiger partial charge on any atom is 0.160 e. The van der Waals surface area contributed by atoms with Crippen molar-refractivity contribution < 1.29 is 0 Å². The van der Waals surface area contributed by atoms with Crippen LogP contribution in [0.25, 0.3) is 78.2 Å². The van der Waals surface area contributed by atoms with Crippen molar-refractivity contribution in [2.45, 2.75) is 15.2 Å². The fourth-order valence-corrected chi connectivity index (χ4v) is 10.7. The fourth-order valence-electron chi connectivity index (χ4n) is 9.57. The van der Waals surface area contributed by atoms with E-state index in [4.69, 9.17) is 15.0 Å². The Balaban J connectivity index is 1.10. The largest absolute Gasteiger partial charge is 0.256 e. The number of aromatic nitrogens is 3. The molecule has 4 heteroatoms. The third kappa shape index (κ3) is 5.35. The van der Waals surface area contributed by atoms with Gasteiger partial charge in [0, 0.05) is 43.6 Å². The highest BCUT2D eigenvalue weighted by molar-refractivity contribution is 7.99. The summed E-state index contributed by atoms with van der Waals surface area (Å²) in [5.74, 6) is 0.708. The van der Waals surface area contributed by atoms with Gasteiger partial charge in [0.25, 0.3) is 0 Å². The van der Waals surface area contributed by atoms with Crippen molar-refractivity contribution in [2.24, 2.45) is 0 Å². The number of pyridine rings is 1. The summed E-state index contributed by atoms with van der Waals surface area (Å²) < 4.78 is 0. The second-order valence-corrected chi connectivity index (χ2v) is 16.6. The summed E-state index contributed by atoms with van der Waals surface area (Å²) in [4.78, 5) is 17.9. The first-order chi connectivity index (χ1) is 29.7. The topological polar surface area (TPSA) is 38.7 Å². The van der Waals surface area contributed by atoms with Crippen molar-refractivity contribution in [3.63, 3.8) is 0 Å². The molecule has 1 spiro atoms. The van der Waals surface area contributed by atoms with Gasteiger partial charge >= 0.3 is 0 Å². The number of hydrogen-bond donors (Lipinski definition) is 0. The molecule has 0 amide bonds. The molecule has 0 radical (unpaired) electrons. The number of benzene rings is 8. The van der Waals surface area contributed by atoms with E-state index in [1.54, 1.807) is 0 Å². The third-order valence-corrected chi connectivity index (χ3v) is 13.4. The van der Waals surface area contributed by atoms with E-state index in [1.807, 2.05) is 48.3 Å². The van der Waals surface area contributed by atoms with Crippen molar-refractivity contribution in [3.8, 4) is 67.3 Å². The summed E-state index contributed by atoms with van der Waals surface area (Å²) in [6.45, 7) is 0. The van der Waals surface area contributed by atoms with Gasteiger partial charge in [-0.1, -0.05) is 182 Å². The van der Waals surface area contributed by atoms with E-state index in [2.05, 4.69) is 176 Å². The van der Waals surface area contributed by atoms with E-state index >= 15 is 0 Å². The zero-order valence-corrected chi connectivity index (χ0v) is 33.3. The first-order valence-electron chi connectivity index (χ1n) is 20.3. The van der Waals surface area contributed by atoms with E-state index < -0.39 is 5.41 Å². The minimum Gasteiger partial charge on any atom is -0.256 e. The predicted octanol–water partition coefficient (Wildman–Crippen LogP) is 14.2. The first-order valence-corrected chi connectivity index (χ1v) is 21.2. The number of hydrogen-bond acceptors (Lipinski definition) is 4. The molecule has 60 heavy (non-hydrogen) atoms. The van der Waals surface area contributed by atoms with E-state index in [1.165, 1.54) is 54.3 Å². The Labute approximate surface area is 353 Å². The van der Waals surface area contributed by atoms with Gasteiger partial charge in [0.2, 0.25) is 0 Å². The second-order valence-electron chi connectivity index (χ2n) is 15.5. The van der Waals surface area contributed by atoms with Crippen LogP contribution in [-0.4, -0.2) is 15.0 Å². The van der Waals surface area contributed by atoms with Gasteiger partial charge in [-0.25, -0.2) is 9.97 Å². The number of fused-ring (bicyclic) bond motifs is 10. The molecular weight excluding hydrogens is 747 g/mol. The van der Waals surface area contributed by atoms with Crippen molar-refractivity contribution in [3.05, 3.63) is 235 Å². The predicted molar refractivity (Wildman–Crippen MR) is 246 cm³/mol. The van der Waals surface area contributed by atoms with Crippen LogP contribution in [0.5, 0.6) is 0 Å². The summed E-state index contributed by atoms with van der Waals surface area (Å²) in [6, 6.07) is 74.3. The van der Waals surface area contributed by atoms with Gasteiger partial charge in [0.15, 0.2) is 5.82 Å². The molecule has 3 heterocycles. The van der Waals surface area contributed by atoms with Crippen molar-refractivity contribution in [2.75, 3.05) is 0 Å². The molecular formula is C56H35N3S. The van der Waals surface area contributed by atoms with Gasteiger partial charge in [-0.15, -0.1) is 0 Å². The zero-order chi connectivity index (χ0) is 39.6. The Kier molecular flexibility index (Phi) is 8.00. The average molecular weight is 782 g/mol. The minimum atomic E-state index is -0.583. The molecule has 2 aromatic heterocycles.